The van der Waals surface area contributed by atoms with Crippen LogP contribution in [-0.4, -0.2) is 123 Å². The smallest absolute Gasteiger partial charge is 0.298 e. The van der Waals surface area contributed by atoms with Crippen molar-refractivity contribution in [3.63, 3.8) is 0 Å². The molecule has 2 fully saturated rings. The van der Waals surface area contributed by atoms with Gasteiger partial charge in [-0.05, 0) is 241 Å². The highest BCUT2D eigenvalue weighted by molar-refractivity contribution is 6.07. The second kappa shape index (κ2) is 43.7. The maximum Gasteiger partial charge on any atom is 0.298 e. The third-order valence-electron chi connectivity index (χ3n) is 22.5. The van der Waals surface area contributed by atoms with E-state index in [-0.39, 0.29) is 41.1 Å². The maximum atomic E-state index is 13.2. The second-order valence-corrected chi connectivity index (χ2v) is 32.3. The van der Waals surface area contributed by atoms with Gasteiger partial charge in [0.25, 0.3) is 37.1 Å². The molecule has 1 aliphatic carbocycles. The maximum absolute atomic E-state index is 13.2. The lowest BCUT2D eigenvalue weighted by atomic mass is 9.98. The highest BCUT2D eigenvalue weighted by atomic mass is 16.5. The van der Waals surface area contributed by atoms with Gasteiger partial charge in [0.05, 0.1) is 17.1 Å². The van der Waals surface area contributed by atoms with Crippen molar-refractivity contribution in [2.45, 2.75) is 78.7 Å². The number of anilines is 4. The average Bonchev–Trinajstić information content (AvgIpc) is 1.46. The Balaban J connectivity index is 0.000000155. The average molecular weight is 1700 g/mol. The monoisotopic (exact) mass is 1700 g/mol. The summed E-state index contributed by atoms with van der Waals surface area (Å²) < 4.78 is 39.8. The van der Waals surface area contributed by atoms with E-state index in [1.54, 1.807) is 103 Å². The van der Waals surface area contributed by atoms with Gasteiger partial charge in [-0.3, -0.25) is 43.6 Å². The van der Waals surface area contributed by atoms with E-state index in [2.05, 4.69) is 141 Å². The van der Waals surface area contributed by atoms with Crippen molar-refractivity contribution in [3.05, 3.63) is 359 Å². The summed E-state index contributed by atoms with van der Waals surface area (Å²) in [6, 6.07) is 91.1. The zero-order chi connectivity index (χ0) is 88.4. The fourth-order valence-electron chi connectivity index (χ4n) is 15.7. The Morgan fingerprint density at radius 1 is 0.402 bits per heavy atom. The number of carbonyl (C=O) groups excluding carboxylic acids is 6. The summed E-state index contributed by atoms with van der Waals surface area (Å²) in [6.07, 6.45) is 5.74. The first kappa shape index (κ1) is 88.8. The second-order valence-electron chi connectivity index (χ2n) is 32.3. The van der Waals surface area contributed by atoms with E-state index < -0.39 is 0 Å². The molecule has 3 aliphatic rings. The van der Waals surface area contributed by atoms with Crippen molar-refractivity contribution < 1.29 is 61.9 Å². The molecule has 2 saturated heterocycles. The van der Waals surface area contributed by atoms with E-state index in [9.17, 15) is 28.8 Å². The molecule has 0 bridgehead atoms. The SMILES string of the molecule is CC(C)c1cc(NC(=O)c2ccc(Oc3ccccc3)cc2)c(OC=O)cc1Oc1ccnc(CC2Cc3ccccc3C2)c1.CN1CCN(Cc2ccc(-c3ccc(NC(=O)c4ccc(Oc5ccccc5)cc4)c(OC=O)c3)cc2)CC1.Cc1cccc(CCN2CCN(c3cc(OC=O)c(NC(=O)c4ccc(Oc5ccccc5)cc4)cc3C(C)C)CC2)c1. The normalized spacial score (nSPS) is 13.3. The molecular weight excluding hydrogens is 1590 g/mol. The van der Waals surface area contributed by atoms with Crippen LogP contribution in [0.4, 0.5) is 22.7 Å². The van der Waals surface area contributed by atoms with Crippen LogP contribution in [0.5, 0.6) is 63.2 Å². The Kier molecular flexibility index (Phi) is 30.5. The van der Waals surface area contributed by atoms with Crippen molar-refractivity contribution in [1.82, 2.24) is 19.7 Å². The number of hydrogen-bond donors (Lipinski definition) is 3. The molecule has 0 unspecified atom stereocenters. The third-order valence-corrected chi connectivity index (χ3v) is 22.5. The lowest BCUT2D eigenvalue weighted by Gasteiger charge is -2.37. The van der Waals surface area contributed by atoms with Crippen molar-refractivity contribution >= 4 is 59.9 Å². The number of rotatable bonds is 31. The number of aryl methyl sites for hydroxylation is 1. The number of carbonyl (C=O) groups is 6. The number of ether oxygens (including phenoxy) is 7. The molecule has 3 N–H and O–H groups in total. The zero-order valence-electron chi connectivity index (χ0n) is 72.2. The first-order valence-corrected chi connectivity index (χ1v) is 42.9. The summed E-state index contributed by atoms with van der Waals surface area (Å²) in [5.74, 6) is 5.75. The summed E-state index contributed by atoms with van der Waals surface area (Å²) in [5.41, 5.74) is 15.2. The van der Waals surface area contributed by atoms with Gasteiger partial charge < -0.3 is 58.9 Å². The predicted octanol–water partition coefficient (Wildman–Crippen LogP) is 21.3. The number of benzene rings is 12. The van der Waals surface area contributed by atoms with E-state index >= 15 is 0 Å². The molecule has 21 heteroatoms. The first-order chi connectivity index (χ1) is 61.9. The van der Waals surface area contributed by atoms with Crippen LogP contribution in [-0.2, 0) is 46.6 Å². The van der Waals surface area contributed by atoms with Gasteiger partial charge in [0, 0.05) is 118 Å². The molecule has 21 nitrogen and oxygen atoms in total. The molecule has 3 heterocycles. The van der Waals surface area contributed by atoms with Crippen LogP contribution in [0.1, 0.15) is 115 Å². The number of para-hydroxylation sites is 3. The van der Waals surface area contributed by atoms with E-state index in [0.29, 0.717) is 99.3 Å². The summed E-state index contributed by atoms with van der Waals surface area (Å²) in [7, 11) is 2.16. The lowest BCUT2D eigenvalue weighted by Crippen LogP contribution is -2.47. The summed E-state index contributed by atoms with van der Waals surface area (Å²) in [6.45, 7) is 21.5. The van der Waals surface area contributed by atoms with Gasteiger partial charge in [-0.1, -0.05) is 167 Å². The fraction of sp³-hybridized carbons (Fsp3) is 0.217. The van der Waals surface area contributed by atoms with E-state index in [0.717, 1.165) is 136 Å². The molecule has 0 spiro atoms. The van der Waals surface area contributed by atoms with Gasteiger partial charge in [0.1, 0.15) is 46.0 Å². The molecule has 2 aliphatic heterocycles. The van der Waals surface area contributed by atoms with Crippen LogP contribution in [0, 0.1) is 12.8 Å². The number of amides is 3. The van der Waals surface area contributed by atoms with Crippen molar-refractivity contribution in [1.29, 1.82) is 0 Å². The molecule has 0 atom stereocenters. The Labute approximate surface area is 741 Å². The number of likely N-dealkylation sites (N-methyl/N-ethyl adjacent to an activating group) is 1. The highest BCUT2D eigenvalue weighted by Crippen LogP contribution is 2.42. The number of hydrogen-bond acceptors (Lipinski definition) is 18. The first-order valence-electron chi connectivity index (χ1n) is 42.9. The van der Waals surface area contributed by atoms with Crippen molar-refractivity contribution in [3.8, 4) is 74.4 Å². The lowest BCUT2D eigenvalue weighted by molar-refractivity contribution is -0.121. The van der Waals surface area contributed by atoms with Gasteiger partial charge in [-0.25, -0.2) is 0 Å². The van der Waals surface area contributed by atoms with Crippen LogP contribution in [0.3, 0.4) is 0 Å². The van der Waals surface area contributed by atoms with Crippen LogP contribution in [0.2, 0.25) is 0 Å². The van der Waals surface area contributed by atoms with Crippen molar-refractivity contribution in [2.24, 2.45) is 5.92 Å². The Morgan fingerprint density at radius 3 is 1.35 bits per heavy atom. The molecule has 16 rings (SSSR count). The minimum Gasteiger partial charge on any atom is -0.457 e. The number of aromatic nitrogens is 1. The molecule has 12 aromatic carbocycles. The quantitative estimate of drug-likeness (QED) is 0.0343. The number of piperazine rings is 2. The van der Waals surface area contributed by atoms with Gasteiger partial charge >= 0.3 is 0 Å². The van der Waals surface area contributed by atoms with Gasteiger partial charge in [0.2, 0.25) is 0 Å². The third kappa shape index (κ3) is 24.9. The van der Waals surface area contributed by atoms with Crippen LogP contribution in [0.25, 0.3) is 11.1 Å². The Bertz CT molecular complexity index is 5840. The summed E-state index contributed by atoms with van der Waals surface area (Å²) in [4.78, 5) is 87.7. The van der Waals surface area contributed by atoms with Crippen molar-refractivity contribution in [2.75, 3.05) is 86.8 Å². The summed E-state index contributed by atoms with van der Waals surface area (Å²) in [5, 5.41) is 8.70. The van der Waals surface area contributed by atoms with E-state index in [4.69, 9.17) is 33.2 Å². The minimum absolute atomic E-state index is 0.0497. The minimum atomic E-state index is -0.353. The fourth-order valence-corrected chi connectivity index (χ4v) is 15.7. The van der Waals surface area contributed by atoms with Gasteiger partial charge in [-0.15, -0.1) is 0 Å². The largest absolute Gasteiger partial charge is 0.457 e. The number of fused-ring (bicyclic) bond motifs is 1. The van der Waals surface area contributed by atoms with Crippen LogP contribution in [0.15, 0.2) is 297 Å². The zero-order valence-corrected chi connectivity index (χ0v) is 72.2. The molecule has 3 amide bonds. The number of pyridine rings is 1. The Hall–Kier alpha value is -14.5. The molecule has 646 valence electrons. The van der Waals surface area contributed by atoms with Gasteiger partial charge in [-0.2, -0.15) is 0 Å². The number of nitrogens with zero attached hydrogens (tertiary/aromatic N) is 5. The Morgan fingerprint density at radius 2 is 0.858 bits per heavy atom. The number of nitrogens with one attached hydrogen (secondary N) is 3. The standard InChI is InChI=1S/C38H34N2O5.C36H39N3O4.C32H31N3O4/c1-25(2)34-22-35(40-38(42)27-12-14-32(15-13-27)44-31-10-4-3-5-11-31)37(43-24-41)23-36(34)45-33-16-17-39-30(21-33)20-26-18-28-8-6-7-9-29(28)19-26;1-26(2)32-23-33(37-36(41)29-12-14-31(15-13-29)43-30-10-5-4-6-11-30)35(42-25-40)24-34(32)39-20-18-38(19-21-39)17-16-28-9-7-8-27(3)22-28;1-34-17-19-35(20-18-34)22-24-7-9-25(10-8-24)27-13-16-30(31(21-27)38-23-36)33-32(37)26-11-14-29(15-12-26)39-28-5-3-2-4-6-28/h3-17,21-26H,18-20H2,1-2H3,(H,40,42);4-15,22-26H,16-21H2,1-3H3,(H,37,41);2-16,21,23H,17-20,22H2,1H3,(H,33,37). The highest BCUT2D eigenvalue weighted by Gasteiger charge is 2.27. The molecule has 1 aromatic heterocycles. The van der Waals surface area contributed by atoms with Crippen LogP contribution >= 0.6 is 0 Å². The molecule has 127 heavy (non-hydrogen) atoms. The predicted molar refractivity (Wildman–Crippen MR) is 497 cm³/mol. The van der Waals surface area contributed by atoms with E-state index in [1.165, 1.54) is 27.8 Å². The molecular formula is C106H104N8O13. The van der Waals surface area contributed by atoms with Crippen LogP contribution < -0.4 is 54.0 Å². The van der Waals surface area contributed by atoms with E-state index in [1.807, 2.05) is 135 Å². The van der Waals surface area contributed by atoms with Gasteiger partial charge in [0.15, 0.2) is 17.2 Å². The summed E-state index contributed by atoms with van der Waals surface area (Å²) >= 11 is 0. The molecule has 0 saturated carbocycles. The molecule has 0 radical (unpaired) electrons. The molecule has 13 aromatic rings. The topological polar surface area (TPSA) is 229 Å².